The number of aromatic amines is 1. The van der Waals surface area contributed by atoms with Gasteiger partial charge in [0.2, 0.25) is 0 Å². The van der Waals surface area contributed by atoms with Gasteiger partial charge in [-0.15, -0.1) is 40.0 Å². The van der Waals surface area contributed by atoms with Gasteiger partial charge in [-0.2, -0.15) is 10.3 Å². The van der Waals surface area contributed by atoms with Crippen LogP contribution in [0.5, 0.6) is 0 Å². The molecule has 0 spiro atoms. The number of H-pyrrole nitrogens is 1. The maximum Gasteiger partial charge on any atom is 1.00 e. The summed E-state index contributed by atoms with van der Waals surface area (Å²) in [6.45, 7) is -0.917. The van der Waals surface area contributed by atoms with Crippen molar-refractivity contribution in [2.75, 3.05) is 23.2 Å². The van der Waals surface area contributed by atoms with Crippen molar-refractivity contribution < 1.29 is 93.3 Å². The average molecular weight is 617 g/mol. The van der Waals surface area contributed by atoms with Gasteiger partial charge in [0.25, 0.3) is 11.8 Å². The fourth-order valence-corrected chi connectivity index (χ4v) is 7.19. The van der Waals surface area contributed by atoms with E-state index in [1.807, 2.05) is 0 Å². The molecule has 21 heteroatoms. The minimum Gasteiger partial charge on any atom is -0.546 e. The molecular weight excluding hydrogens is 602 g/mol. The van der Waals surface area contributed by atoms with E-state index in [-0.39, 0.29) is 81.4 Å². The standard InChI is InChI=1S/C17H16N8O7S4.2Na/c18-17-20-6(3-34-17)10(23-32-2-9(26)27)13(28)21-11-14(29)25-12(16(30)31)7(4-33-15(11)25)35-5-36-8-1-19-24-22-8;;/h1,3,11,15H,2,4-5H2,(H2,18,20)(H,21,28)(H,26,27)(H,30,31)(H,19,22,24);;/q;2*+1/p-2/b23-10-;;/t11-,15-;;/m1../s1. The summed E-state index contributed by atoms with van der Waals surface area (Å²) in [7, 11) is 0. The molecular formula is C17H14N8Na2O7S4. The maximum atomic E-state index is 12.9. The van der Waals surface area contributed by atoms with E-state index in [9.17, 15) is 29.4 Å². The molecule has 4 heterocycles. The number of fused-ring (bicyclic) bond motifs is 1. The number of anilines is 1. The summed E-state index contributed by atoms with van der Waals surface area (Å²) < 4.78 is 0. The summed E-state index contributed by atoms with van der Waals surface area (Å²) in [4.78, 5) is 58.3. The molecule has 0 unspecified atom stereocenters. The molecule has 2 aliphatic heterocycles. The number of rotatable bonds is 11. The molecule has 2 aromatic rings. The summed E-state index contributed by atoms with van der Waals surface area (Å²) in [5.74, 6) is -4.35. The molecule has 2 aliphatic rings. The first kappa shape index (κ1) is 32.9. The number of oxime groups is 1. The van der Waals surface area contributed by atoms with Gasteiger partial charge in [-0.3, -0.25) is 14.5 Å². The Labute approximate surface area is 275 Å². The molecule has 15 nitrogen and oxygen atoms in total. The molecule has 1 fully saturated rings. The van der Waals surface area contributed by atoms with Gasteiger partial charge in [0, 0.05) is 16.0 Å². The van der Waals surface area contributed by atoms with Gasteiger partial charge in [0.05, 0.1) is 28.9 Å². The number of carboxylic acid groups (broad SMARTS) is 2. The Bertz CT molecular complexity index is 1260. The van der Waals surface area contributed by atoms with E-state index in [0.29, 0.717) is 15.0 Å². The summed E-state index contributed by atoms with van der Waals surface area (Å²) in [5, 5.41) is 40.4. The van der Waals surface area contributed by atoms with E-state index in [2.05, 4.69) is 35.7 Å². The average Bonchev–Trinajstić information content (AvgIpc) is 3.51. The second kappa shape index (κ2) is 14.9. The van der Waals surface area contributed by atoms with Gasteiger partial charge >= 0.3 is 59.1 Å². The minimum atomic E-state index is -1.56. The maximum absolute atomic E-state index is 12.9. The zero-order chi connectivity index (χ0) is 25.8. The predicted molar refractivity (Wildman–Crippen MR) is 126 cm³/mol. The molecule has 0 saturated carbocycles. The van der Waals surface area contributed by atoms with Gasteiger partial charge in [0.15, 0.2) is 17.5 Å². The molecule has 0 bridgehead atoms. The minimum absolute atomic E-state index is 0. The third-order valence-corrected chi connectivity index (χ3v) is 8.82. The fourth-order valence-electron chi connectivity index (χ4n) is 3.07. The third kappa shape index (κ3) is 7.67. The van der Waals surface area contributed by atoms with Crippen molar-refractivity contribution >= 4 is 81.2 Å². The monoisotopic (exact) mass is 616 g/mol. The van der Waals surface area contributed by atoms with Crippen LogP contribution in [0.4, 0.5) is 5.13 Å². The Morgan fingerprint density at radius 1 is 1.32 bits per heavy atom. The van der Waals surface area contributed by atoms with E-state index in [1.54, 1.807) is 0 Å². The summed E-state index contributed by atoms with van der Waals surface area (Å²) in [6, 6.07) is -1.07. The van der Waals surface area contributed by atoms with E-state index in [4.69, 9.17) is 5.73 Å². The van der Waals surface area contributed by atoms with E-state index in [0.717, 1.165) is 16.2 Å². The van der Waals surface area contributed by atoms with Crippen molar-refractivity contribution in [1.29, 1.82) is 0 Å². The summed E-state index contributed by atoms with van der Waals surface area (Å²) in [5.41, 5.74) is 4.94. The fraction of sp³-hybridized carbons (Fsp3) is 0.294. The first-order valence-corrected chi connectivity index (χ1v) is 13.6. The second-order valence-corrected chi connectivity index (χ2v) is 11.2. The van der Waals surface area contributed by atoms with Crippen molar-refractivity contribution in [3.8, 4) is 0 Å². The number of nitrogens with one attached hydrogen (secondary N) is 2. The SMILES string of the molecule is Nc1nc(/C(=N/OCC(=O)[O-])C(=O)N[C@@H]2C(=O)N3C(C(=O)[O-])=C(SCSc4cn[nH]n4)CS[C@H]23)cs1.[Na+].[Na+]. The van der Waals surface area contributed by atoms with Crippen molar-refractivity contribution in [2.24, 2.45) is 5.16 Å². The Balaban J connectivity index is 0.00000253. The first-order chi connectivity index (χ1) is 17.3. The summed E-state index contributed by atoms with van der Waals surface area (Å²) >= 11 is 4.84. The number of aliphatic carboxylic acids is 2. The van der Waals surface area contributed by atoms with Crippen LogP contribution in [0.15, 0.2) is 32.4 Å². The molecule has 0 radical (unpaired) electrons. The number of amides is 2. The number of aromatic nitrogens is 4. The van der Waals surface area contributed by atoms with Crippen molar-refractivity contribution in [3.63, 3.8) is 0 Å². The topological polar surface area (TPSA) is 232 Å². The summed E-state index contributed by atoms with van der Waals surface area (Å²) in [6.07, 6.45) is 1.53. The molecule has 4 N–H and O–H groups in total. The van der Waals surface area contributed by atoms with Gasteiger partial charge in [-0.25, -0.2) is 4.98 Å². The zero-order valence-corrected chi connectivity index (χ0v) is 27.0. The molecule has 0 aliphatic carbocycles. The van der Waals surface area contributed by atoms with Crippen LogP contribution in [0.25, 0.3) is 0 Å². The number of carboxylic acids is 2. The molecule has 2 atom stereocenters. The third-order valence-electron chi connectivity index (χ3n) is 4.56. The smallest absolute Gasteiger partial charge is 0.546 e. The Morgan fingerprint density at radius 3 is 2.68 bits per heavy atom. The number of β-lactam (4-membered cyclic amide) rings is 1. The van der Waals surface area contributed by atoms with E-state index < -0.39 is 47.5 Å². The number of carbonyl (C=O) groups is 4. The normalized spacial score (nSPS) is 18.5. The van der Waals surface area contributed by atoms with Crippen LogP contribution in [0.3, 0.4) is 0 Å². The molecule has 38 heavy (non-hydrogen) atoms. The van der Waals surface area contributed by atoms with Gasteiger partial charge < -0.3 is 35.7 Å². The van der Waals surface area contributed by atoms with Gasteiger partial charge in [0.1, 0.15) is 22.1 Å². The van der Waals surface area contributed by atoms with Crippen molar-refractivity contribution in [3.05, 3.63) is 27.9 Å². The molecule has 2 amide bonds. The number of nitrogens with zero attached hydrogens (tertiary/aromatic N) is 5. The largest absolute Gasteiger partial charge is 1.00 e. The van der Waals surface area contributed by atoms with Crippen LogP contribution in [0.2, 0.25) is 0 Å². The van der Waals surface area contributed by atoms with Crippen LogP contribution in [0.1, 0.15) is 5.69 Å². The van der Waals surface area contributed by atoms with Gasteiger partial charge in [-0.05, 0) is 0 Å². The Hall–Kier alpha value is -1.29. The van der Waals surface area contributed by atoms with E-state index >= 15 is 0 Å². The van der Waals surface area contributed by atoms with Gasteiger partial charge in [-0.1, -0.05) is 16.9 Å². The van der Waals surface area contributed by atoms with Crippen LogP contribution >= 0.6 is 46.6 Å². The number of hydrogen-bond acceptors (Lipinski definition) is 16. The van der Waals surface area contributed by atoms with Crippen molar-refractivity contribution in [1.82, 2.24) is 30.6 Å². The molecule has 0 aromatic carbocycles. The van der Waals surface area contributed by atoms with Crippen LogP contribution in [-0.2, 0) is 24.0 Å². The van der Waals surface area contributed by atoms with Crippen LogP contribution in [0, 0.1) is 0 Å². The molecule has 1 saturated heterocycles. The molecule has 190 valence electrons. The molecule has 4 rings (SSSR count). The Kier molecular flexibility index (Phi) is 12.9. The van der Waals surface area contributed by atoms with E-state index in [1.165, 1.54) is 46.9 Å². The number of thiazole rings is 1. The zero-order valence-electron chi connectivity index (χ0n) is 19.7. The number of thioether (sulfide) groups is 3. The first-order valence-electron chi connectivity index (χ1n) is 9.68. The quantitative estimate of drug-likeness (QED) is 0.0532. The Morgan fingerprint density at radius 2 is 2.08 bits per heavy atom. The van der Waals surface area contributed by atoms with Crippen LogP contribution in [-0.4, -0.2) is 83.6 Å². The van der Waals surface area contributed by atoms with Crippen LogP contribution < -0.4 is 80.4 Å². The number of nitrogen functional groups attached to an aromatic ring is 1. The number of carbonyl (C=O) groups excluding carboxylic acids is 4. The predicted octanol–water partition coefficient (Wildman–Crippen LogP) is -8.83. The second-order valence-electron chi connectivity index (χ2n) is 6.79. The molecule has 2 aromatic heterocycles. The number of hydrogen-bond donors (Lipinski definition) is 3. The number of nitrogens with two attached hydrogens (primary N) is 1. The van der Waals surface area contributed by atoms with Crippen molar-refractivity contribution in [2.45, 2.75) is 16.4 Å².